The van der Waals surface area contributed by atoms with Gasteiger partial charge >= 0.3 is 0 Å². The molecule has 0 aliphatic carbocycles. The van der Waals surface area contributed by atoms with Crippen LogP contribution in [0.2, 0.25) is 0 Å². The first kappa shape index (κ1) is 14.1. The lowest BCUT2D eigenvalue weighted by Crippen LogP contribution is -2.41. The molecule has 1 amide bonds. The van der Waals surface area contributed by atoms with Crippen LogP contribution in [0.25, 0.3) is 11.1 Å². The molecule has 0 fully saturated rings. The number of benzene rings is 1. The van der Waals surface area contributed by atoms with E-state index in [9.17, 15) is 9.18 Å². The highest BCUT2D eigenvalue weighted by Gasteiger charge is 2.17. The molecule has 0 aliphatic rings. The van der Waals surface area contributed by atoms with Crippen LogP contribution in [-0.2, 0) is 0 Å². The third kappa shape index (κ3) is 3.60. The predicted octanol–water partition coefficient (Wildman–Crippen LogP) is 2.81. The van der Waals surface area contributed by atoms with Gasteiger partial charge < -0.3 is 5.32 Å². The van der Waals surface area contributed by atoms with Crippen molar-refractivity contribution in [3.05, 3.63) is 48.3 Å². The fraction of sp³-hybridized carbons (Fsp3) is 0.267. The van der Waals surface area contributed by atoms with Crippen molar-refractivity contribution in [3.8, 4) is 11.1 Å². The lowest BCUT2D eigenvalue weighted by atomic mass is 10.1. The minimum atomic E-state index is -0.346. The Bertz CT molecular complexity index is 618. The molecule has 20 heavy (non-hydrogen) atoms. The van der Waals surface area contributed by atoms with Gasteiger partial charge in [-0.1, -0.05) is 12.1 Å². The molecule has 1 aromatic heterocycles. The van der Waals surface area contributed by atoms with Gasteiger partial charge in [-0.2, -0.15) is 0 Å². The lowest BCUT2D eigenvalue weighted by Gasteiger charge is -2.19. The van der Waals surface area contributed by atoms with E-state index in [0.717, 1.165) is 0 Å². The molecule has 0 aliphatic heterocycles. The number of rotatable bonds is 2. The van der Waals surface area contributed by atoms with Crippen LogP contribution in [0.1, 0.15) is 31.4 Å². The topological polar surface area (TPSA) is 54.9 Å². The molecule has 0 unspecified atom stereocenters. The van der Waals surface area contributed by atoms with Crippen molar-refractivity contribution in [2.45, 2.75) is 26.3 Å². The third-order valence-corrected chi connectivity index (χ3v) is 2.50. The van der Waals surface area contributed by atoms with Crippen molar-refractivity contribution in [1.29, 1.82) is 0 Å². The summed E-state index contributed by atoms with van der Waals surface area (Å²) < 4.78 is 13.1. The van der Waals surface area contributed by atoms with Crippen LogP contribution in [0, 0.1) is 5.82 Å². The molecule has 2 rings (SSSR count). The predicted molar refractivity (Wildman–Crippen MR) is 74.6 cm³/mol. The zero-order chi connectivity index (χ0) is 14.8. The van der Waals surface area contributed by atoms with Gasteiger partial charge in [0.1, 0.15) is 5.82 Å². The van der Waals surface area contributed by atoms with Crippen LogP contribution in [0.3, 0.4) is 0 Å². The van der Waals surface area contributed by atoms with E-state index in [-0.39, 0.29) is 23.1 Å². The number of carbonyl (C=O) groups is 1. The fourth-order valence-electron chi connectivity index (χ4n) is 1.66. The van der Waals surface area contributed by atoms with Gasteiger partial charge in [0.25, 0.3) is 5.91 Å². The summed E-state index contributed by atoms with van der Waals surface area (Å²) in [4.78, 5) is 19.9. The highest BCUT2D eigenvalue weighted by atomic mass is 19.1. The van der Waals surface area contributed by atoms with Gasteiger partial charge in [-0.3, -0.25) is 4.79 Å². The molecule has 0 saturated heterocycles. The summed E-state index contributed by atoms with van der Waals surface area (Å²) >= 11 is 0. The molecule has 1 heterocycles. The number of nitrogens with one attached hydrogen (secondary N) is 1. The molecule has 0 saturated carbocycles. The maximum atomic E-state index is 13.1. The number of nitrogens with zero attached hydrogens (tertiary/aromatic N) is 2. The number of hydrogen-bond acceptors (Lipinski definition) is 3. The smallest absolute Gasteiger partial charge is 0.289 e. The molecule has 1 N–H and O–H groups in total. The molecular weight excluding hydrogens is 257 g/mol. The van der Waals surface area contributed by atoms with Gasteiger partial charge in [-0.25, -0.2) is 14.4 Å². The van der Waals surface area contributed by atoms with Gasteiger partial charge in [-0.15, -0.1) is 0 Å². The van der Waals surface area contributed by atoms with Gasteiger partial charge in [0, 0.05) is 23.5 Å². The zero-order valence-electron chi connectivity index (χ0n) is 11.6. The van der Waals surface area contributed by atoms with Gasteiger partial charge in [0.15, 0.2) is 0 Å². The fourth-order valence-corrected chi connectivity index (χ4v) is 1.66. The van der Waals surface area contributed by atoms with E-state index in [1.54, 1.807) is 12.1 Å². The maximum Gasteiger partial charge on any atom is 0.289 e. The number of amides is 1. The largest absolute Gasteiger partial charge is 0.345 e. The van der Waals surface area contributed by atoms with Gasteiger partial charge in [0.05, 0.1) is 0 Å². The average molecular weight is 273 g/mol. The van der Waals surface area contributed by atoms with Gasteiger partial charge in [0.2, 0.25) is 5.82 Å². The van der Waals surface area contributed by atoms with E-state index in [4.69, 9.17) is 0 Å². The molecule has 104 valence electrons. The van der Waals surface area contributed by atoms with Crippen LogP contribution in [0.4, 0.5) is 4.39 Å². The number of aromatic nitrogens is 2. The molecule has 2 aromatic rings. The lowest BCUT2D eigenvalue weighted by molar-refractivity contribution is 0.0909. The van der Waals surface area contributed by atoms with Crippen molar-refractivity contribution < 1.29 is 9.18 Å². The molecule has 5 heteroatoms. The Morgan fingerprint density at radius 2 is 1.80 bits per heavy atom. The third-order valence-electron chi connectivity index (χ3n) is 2.50. The minimum absolute atomic E-state index is 0.0973. The summed E-state index contributed by atoms with van der Waals surface area (Å²) in [6.07, 6.45) is 3.03. The van der Waals surface area contributed by atoms with Crippen molar-refractivity contribution in [3.63, 3.8) is 0 Å². The van der Waals surface area contributed by atoms with Crippen molar-refractivity contribution in [1.82, 2.24) is 15.3 Å². The van der Waals surface area contributed by atoms with Crippen LogP contribution >= 0.6 is 0 Å². The highest BCUT2D eigenvalue weighted by molar-refractivity contribution is 5.91. The van der Waals surface area contributed by atoms with Crippen LogP contribution in [0.5, 0.6) is 0 Å². The quantitative estimate of drug-likeness (QED) is 0.915. The number of carbonyl (C=O) groups excluding carboxylic acids is 1. The van der Waals surface area contributed by atoms with Crippen molar-refractivity contribution in [2.24, 2.45) is 0 Å². The summed E-state index contributed by atoms with van der Waals surface area (Å²) in [5, 5.41) is 2.78. The second kappa shape index (κ2) is 5.36. The second-order valence-electron chi connectivity index (χ2n) is 5.51. The molecule has 0 radical (unpaired) electrons. The van der Waals surface area contributed by atoms with E-state index in [1.807, 2.05) is 20.8 Å². The monoisotopic (exact) mass is 273 g/mol. The van der Waals surface area contributed by atoms with Crippen molar-refractivity contribution >= 4 is 5.91 Å². The first-order valence-corrected chi connectivity index (χ1v) is 6.26. The molecule has 0 spiro atoms. The second-order valence-corrected chi connectivity index (χ2v) is 5.51. The number of hydrogen-bond donors (Lipinski definition) is 1. The average Bonchev–Trinajstić information content (AvgIpc) is 2.37. The van der Waals surface area contributed by atoms with E-state index in [1.165, 1.54) is 24.5 Å². The van der Waals surface area contributed by atoms with E-state index in [2.05, 4.69) is 15.3 Å². The zero-order valence-corrected chi connectivity index (χ0v) is 11.6. The Balaban J connectivity index is 2.20. The molecule has 4 nitrogen and oxygen atoms in total. The summed E-state index contributed by atoms with van der Waals surface area (Å²) in [6, 6.07) is 6.14. The Labute approximate surface area is 117 Å². The van der Waals surface area contributed by atoms with E-state index in [0.29, 0.717) is 11.1 Å². The van der Waals surface area contributed by atoms with Crippen LogP contribution < -0.4 is 5.32 Å². The minimum Gasteiger partial charge on any atom is -0.345 e. The number of halogens is 1. The van der Waals surface area contributed by atoms with Crippen LogP contribution in [0.15, 0.2) is 36.7 Å². The first-order valence-electron chi connectivity index (χ1n) is 6.26. The Morgan fingerprint density at radius 3 is 2.35 bits per heavy atom. The maximum absolute atomic E-state index is 13.1. The molecule has 1 aromatic carbocycles. The molecular formula is C15H16FN3O. The summed E-state index contributed by atoms with van der Waals surface area (Å²) in [7, 11) is 0. The summed E-state index contributed by atoms with van der Waals surface area (Å²) in [5.41, 5.74) is 0.992. The highest BCUT2D eigenvalue weighted by Crippen LogP contribution is 2.18. The normalized spacial score (nSPS) is 11.2. The first-order chi connectivity index (χ1) is 9.35. The Kier molecular flexibility index (Phi) is 3.79. The van der Waals surface area contributed by atoms with Crippen LogP contribution in [-0.4, -0.2) is 21.4 Å². The summed E-state index contributed by atoms with van der Waals surface area (Å²) in [6.45, 7) is 5.64. The standard InChI is InChI=1S/C15H16FN3O/c1-15(2,3)19-14(20)13-17-8-11(9-18-13)10-5-4-6-12(16)7-10/h4-9H,1-3H3,(H,19,20). The molecule has 0 bridgehead atoms. The van der Waals surface area contributed by atoms with E-state index >= 15 is 0 Å². The Morgan fingerprint density at radius 1 is 1.15 bits per heavy atom. The van der Waals surface area contributed by atoms with E-state index < -0.39 is 0 Å². The summed E-state index contributed by atoms with van der Waals surface area (Å²) in [5.74, 6) is -0.555. The molecule has 0 atom stereocenters. The SMILES string of the molecule is CC(C)(C)NC(=O)c1ncc(-c2cccc(F)c2)cn1. The Hall–Kier alpha value is -2.30. The van der Waals surface area contributed by atoms with Gasteiger partial charge in [-0.05, 0) is 38.5 Å². The van der Waals surface area contributed by atoms with Crippen molar-refractivity contribution in [2.75, 3.05) is 0 Å².